The van der Waals surface area contributed by atoms with Gasteiger partial charge in [0.05, 0.1) is 11.7 Å². The Kier molecular flexibility index (Phi) is 4.73. The smallest absolute Gasteiger partial charge is 0.274 e. The van der Waals surface area contributed by atoms with Gasteiger partial charge in [-0.25, -0.2) is 4.90 Å². The Hall–Kier alpha value is -2.46. The summed E-state index contributed by atoms with van der Waals surface area (Å²) < 4.78 is 0. The first-order chi connectivity index (χ1) is 11.9. The minimum absolute atomic E-state index is 0.101. The Balaban J connectivity index is 1.99. The summed E-state index contributed by atoms with van der Waals surface area (Å²) in [7, 11) is 0. The molecular formula is C20H19ClN2O2. The number of carbonyl (C=O) groups is 2. The van der Waals surface area contributed by atoms with Crippen LogP contribution in [0.4, 0.5) is 5.69 Å². The Bertz CT molecular complexity index is 861. The summed E-state index contributed by atoms with van der Waals surface area (Å²) in [5.74, 6) is -0.888. The third kappa shape index (κ3) is 3.10. The number of imide groups is 1. The number of amides is 2. The maximum Gasteiger partial charge on any atom is 0.281 e. The number of carbonyl (C=O) groups excluding carboxylic acids is 2. The highest BCUT2D eigenvalue weighted by Crippen LogP contribution is 2.30. The van der Waals surface area contributed by atoms with Crippen LogP contribution in [0.15, 0.2) is 53.5 Å². The second-order valence-corrected chi connectivity index (χ2v) is 6.60. The highest BCUT2D eigenvalue weighted by molar-refractivity contribution is 6.68. The van der Waals surface area contributed by atoms with Crippen LogP contribution in [0.25, 0.3) is 0 Å². The molecule has 0 spiro atoms. The van der Waals surface area contributed by atoms with Gasteiger partial charge in [0.1, 0.15) is 5.71 Å². The van der Waals surface area contributed by atoms with Gasteiger partial charge in [-0.05, 0) is 43.5 Å². The van der Waals surface area contributed by atoms with Crippen LogP contribution in [0.2, 0.25) is 0 Å². The lowest BCUT2D eigenvalue weighted by Gasteiger charge is -2.17. The second kappa shape index (κ2) is 6.81. The zero-order valence-corrected chi connectivity index (χ0v) is 15.1. The van der Waals surface area contributed by atoms with Gasteiger partial charge in [-0.15, -0.1) is 11.6 Å². The number of anilines is 1. The SMILES string of the molecule is Cc1cccc(N2C(=O)C(=N[C@@H](C)c3ccccc3)C(Cl)C2=O)c1C. The number of rotatable bonds is 3. The Morgan fingerprint density at radius 1 is 1.04 bits per heavy atom. The van der Waals surface area contributed by atoms with E-state index < -0.39 is 17.2 Å². The maximum atomic E-state index is 12.8. The molecule has 128 valence electrons. The first-order valence-electron chi connectivity index (χ1n) is 8.13. The summed E-state index contributed by atoms with van der Waals surface area (Å²) in [5, 5.41) is -1.06. The average Bonchev–Trinajstić information content (AvgIpc) is 2.82. The van der Waals surface area contributed by atoms with Crippen molar-refractivity contribution in [3.05, 3.63) is 65.2 Å². The number of alkyl halides is 1. The molecular weight excluding hydrogens is 336 g/mol. The molecule has 1 fully saturated rings. The van der Waals surface area contributed by atoms with Crippen LogP contribution in [-0.4, -0.2) is 22.9 Å². The topological polar surface area (TPSA) is 49.7 Å². The van der Waals surface area contributed by atoms with Gasteiger partial charge in [0, 0.05) is 0 Å². The van der Waals surface area contributed by atoms with Crippen LogP contribution >= 0.6 is 11.6 Å². The van der Waals surface area contributed by atoms with Gasteiger partial charge in [-0.1, -0.05) is 42.5 Å². The summed E-state index contributed by atoms with van der Waals surface area (Å²) in [4.78, 5) is 31.1. The molecule has 3 rings (SSSR count). The molecule has 2 aromatic rings. The van der Waals surface area contributed by atoms with E-state index in [4.69, 9.17) is 11.6 Å². The van der Waals surface area contributed by atoms with E-state index in [-0.39, 0.29) is 11.8 Å². The van der Waals surface area contributed by atoms with Crippen molar-refractivity contribution in [1.29, 1.82) is 0 Å². The molecule has 0 aromatic heterocycles. The van der Waals surface area contributed by atoms with Crippen LogP contribution in [0, 0.1) is 13.8 Å². The van der Waals surface area contributed by atoms with Crippen molar-refractivity contribution in [3.63, 3.8) is 0 Å². The highest BCUT2D eigenvalue weighted by Gasteiger charge is 2.45. The van der Waals surface area contributed by atoms with Crippen molar-refractivity contribution in [2.24, 2.45) is 4.99 Å². The van der Waals surface area contributed by atoms with Gasteiger partial charge < -0.3 is 0 Å². The first-order valence-corrected chi connectivity index (χ1v) is 8.56. The molecule has 1 aliphatic rings. The van der Waals surface area contributed by atoms with Gasteiger partial charge in [0.25, 0.3) is 11.8 Å². The quantitative estimate of drug-likeness (QED) is 0.618. The van der Waals surface area contributed by atoms with Crippen molar-refractivity contribution >= 4 is 34.8 Å². The molecule has 1 saturated heterocycles. The summed E-state index contributed by atoms with van der Waals surface area (Å²) in [6.45, 7) is 5.70. The normalized spacial score (nSPS) is 20.4. The lowest BCUT2D eigenvalue weighted by atomic mass is 10.1. The molecule has 0 aliphatic carbocycles. The van der Waals surface area contributed by atoms with Crippen molar-refractivity contribution < 1.29 is 9.59 Å². The van der Waals surface area contributed by atoms with Crippen LogP contribution in [-0.2, 0) is 9.59 Å². The first kappa shape index (κ1) is 17.4. The molecule has 0 N–H and O–H groups in total. The van der Waals surface area contributed by atoms with Gasteiger partial charge in [-0.2, -0.15) is 0 Å². The lowest BCUT2D eigenvalue weighted by Crippen LogP contribution is -2.32. The molecule has 1 heterocycles. The number of nitrogens with zero attached hydrogens (tertiary/aromatic N) is 2. The molecule has 2 aromatic carbocycles. The molecule has 0 bridgehead atoms. The molecule has 2 amide bonds. The van der Waals surface area contributed by atoms with E-state index in [0.29, 0.717) is 5.69 Å². The molecule has 0 radical (unpaired) electrons. The fourth-order valence-corrected chi connectivity index (χ4v) is 3.14. The monoisotopic (exact) mass is 354 g/mol. The number of aryl methyl sites for hydroxylation is 1. The van der Waals surface area contributed by atoms with Crippen LogP contribution in [0.1, 0.15) is 29.7 Å². The maximum absolute atomic E-state index is 12.8. The number of hydrogen-bond acceptors (Lipinski definition) is 3. The Labute approximate surface area is 152 Å². The zero-order chi connectivity index (χ0) is 18.1. The number of aliphatic imine (C=N–C) groups is 1. The largest absolute Gasteiger partial charge is 0.281 e. The molecule has 2 atom stereocenters. The minimum Gasteiger partial charge on any atom is -0.274 e. The average molecular weight is 355 g/mol. The van der Waals surface area contributed by atoms with Crippen LogP contribution in [0.3, 0.4) is 0 Å². The number of benzene rings is 2. The molecule has 25 heavy (non-hydrogen) atoms. The number of hydrogen-bond donors (Lipinski definition) is 0. The summed E-state index contributed by atoms with van der Waals surface area (Å²) in [6, 6.07) is 14.9. The van der Waals surface area contributed by atoms with Crippen LogP contribution < -0.4 is 4.90 Å². The summed E-state index contributed by atoms with van der Waals surface area (Å²) in [6.07, 6.45) is 0. The van der Waals surface area contributed by atoms with Gasteiger partial charge in [0.2, 0.25) is 0 Å². The van der Waals surface area contributed by atoms with Gasteiger partial charge in [-0.3, -0.25) is 14.6 Å². The molecule has 1 aliphatic heterocycles. The van der Waals surface area contributed by atoms with Crippen molar-refractivity contribution in [1.82, 2.24) is 0 Å². The molecule has 5 heteroatoms. The van der Waals surface area contributed by atoms with E-state index in [1.807, 2.05) is 63.2 Å². The number of halogens is 1. The Morgan fingerprint density at radius 3 is 2.40 bits per heavy atom. The van der Waals surface area contributed by atoms with E-state index in [0.717, 1.165) is 21.6 Å². The van der Waals surface area contributed by atoms with Crippen molar-refractivity contribution in [2.75, 3.05) is 4.90 Å². The van der Waals surface area contributed by atoms with E-state index in [1.165, 1.54) is 0 Å². The van der Waals surface area contributed by atoms with Gasteiger partial charge in [0.15, 0.2) is 5.38 Å². The predicted octanol–water partition coefficient (Wildman–Crippen LogP) is 3.99. The zero-order valence-electron chi connectivity index (χ0n) is 14.4. The minimum atomic E-state index is -1.06. The predicted molar refractivity (Wildman–Crippen MR) is 100 cm³/mol. The molecule has 1 unspecified atom stereocenters. The molecule has 4 nitrogen and oxygen atoms in total. The van der Waals surface area contributed by atoms with Crippen LogP contribution in [0.5, 0.6) is 0 Å². The summed E-state index contributed by atoms with van der Waals surface area (Å²) in [5.41, 5.74) is 3.52. The van der Waals surface area contributed by atoms with Gasteiger partial charge >= 0.3 is 0 Å². The third-order valence-corrected chi connectivity index (χ3v) is 4.92. The van der Waals surface area contributed by atoms with Crippen molar-refractivity contribution in [2.45, 2.75) is 32.2 Å². The van der Waals surface area contributed by atoms with E-state index in [9.17, 15) is 9.59 Å². The molecule has 0 saturated carbocycles. The lowest BCUT2D eigenvalue weighted by molar-refractivity contribution is -0.120. The summed E-state index contributed by atoms with van der Waals surface area (Å²) >= 11 is 6.25. The Morgan fingerprint density at radius 2 is 1.72 bits per heavy atom. The third-order valence-electron chi connectivity index (χ3n) is 4.53. The fraction of sp³-hybridized carbons (Fsp3) is 0.250. The van der Waals surface area contributed by atoms with Crippen molar-refractivity contribution in [3.8, 4) is 0 Å². The highest BCUT2D eigenvalue weighted by atomic mass is 35.5. The fourth-order valence-electron chi connectivity index (χ4n) is 2.89. The van der Waals surface area contributed by atoms with E-state index in [1.54, 1.807) is 6.07 Å². The van der Waals surface area contributed by atoms with E-state index in [2.05, 4.69) is 4.99 Å². The van der Waals surface area contributed by atoms with E-state index >= 15 is 0 Å². The second-order valence-electron chi connectivity index (χ2n) is 6.16. The standard InChI is InChI=1S/C20H19ClN2O2/c1-12-8-7-11-16(13(12)2)23-19(24)17(21)18(20(23)25)22-14(3)15-9-5-4-6-10-15/h4-11,14,17H,1-3H3/t14-,17?/m0/s1.